The van der Waals surface area contributed by atoms with Crippen molar-refractivity contribution in [1.82, 2.24) is 10.2 Å². The van der Waals surface area contributed by atoms with Crippen molar-refractivity contribution in [2.24, 2.45) is 0 Å². The van der Waals surface area contributed by atoms with E-state index in [9.17, 15) is 9.59 Å². The summed E-state index contributed by atoms with van der Waals surface area (Å²) in [5.74, 6) is 1.27. The van der Waals surface area contributed by atoms with Crippen molar-refractivity contribution in [2.45, 2.75) is 72.9 Å². The fraction of sp³-hybridized carbons (Fsp3) is 0.500. The summed E-state index contributed by atoms with van der Waals surface area (Å²) >= 11 is 0. The Morgan fingerprint density at radius 1 is 0.912 bits per heavy atom. The van der Waals surface area contributed by atoms with E-state index in [0.29, 0.717) is 57.1 Å². The molecule has 0 saturated heterocycles. The van der Waals surface area contributed by atoms with Crippen LogP contribution < -0.4 is 14.8 Å². The molecular formula is C28H40N2O4. The largest absolute Gasteiger partial charge is 0.490 e. The molecule has 0 radical (unpaired) electrons. The molecule has 2 aromatic rings. The molecule has 0 aliphatic carbocycles. The summed E-state index contributed by atoms with van der Waals surface area (Å²) in [7, 11) is 0. The summed E-state index contributed by atoms with van der Waals surface area (Å²) in [6, 6.07) is 13.4. The summed E-state index contributed by atoms with van der Waals surface area (Å²) in [5.41, 5.74) is 3.18. The Bertz CT molecular complexity index is 911. The smallest absolute Gasteiger partial charge is 0.242 e. The first-order valence-corrected chi connectivity index (χ1v) is 12.4. The minimum atomic E-state index is -0.500. The van der Waals surface area contributed by atoms with Gasteiger partial charge in [-0.2, -0.15) is 0 Å². The molecule has 0 aliphatic rings. The molecule has 2 amide bonds. The number of nitrogens with zero attached hydrogens (tertiary/aromatic N) is 1. The highest BCUT2D eigenvalue weighted by atomic mass is 16.5. The van der Waals surface area contributed by atoms with Gasteiger partial charge in [-0.15, -0.1) is 0 Å². The van der Waals surface area contributed by atoms with Gasteiger partial charge in [0, 0.05) is 19.5 Å². The third-order valence-corrected chi connectivity index (χ3v) is 5.64. The molecular weight excluding hydrogens is 428 g/mol. The van der Waals surface area contributed by atoms with Crippen LogP contribution in [0.15, 0.2) is 42.5 Å². The van der Waals surface area contributed by atoms with Crippen LogP contribution >= 0.6 is 0 Å². The molecule has 0 spiro atoms. The lowest BCUT2D eigenvalue weighted by Gasteiger charge is -2.31. The minimum Gasteiger partial charge on any atom is -0.490 e. The number of benzene rings is 2. The van der Waals surface area contributed by atoms with E-state index in [1.165, 1.54) is 0 Å². The topological polar surface area (TPSA) is 67.9 Å². The van der Waals surface area contributed by atoms with E-state index < -0.39 is 6.04 Å². The number of ether oxygens (including phenoxy) is 2. The molecule has 6 nitrogen and oxygen atoms in total. The number of hydrogen-bond acceptors (Lipinski definition) is 4. The molecule has 2 rings (SSSR count). The van der Waals surface area contributed by atoms with Crippen molar-refractivity contribution in [3.8, 4) is 11.5 Å². The van der Waals surface area contributed by atoms with Crippen LogP contribution in [0.4, 0.5) is 0 Å². The molecule has 0 saturated carbocycles. The number of nitrogens with one attached hydrogen (secondary N) is 1. The van der Waals surface area contributed by atoms with Gasteiger partial charge in [0.2, 0.25) is 11.8 Å². The van der Waals surface area contributed by atoms with Gasteiger partial charge in [-0.05, 0) is 63.3 Å². The van der Waals surface area contributed by atoms with Crippen LogP contribution in [0.1, 0.15) is 63.6 Å². The van der Waals surface area contributed by atoms with E-state index in [1.807, 2.05) is 77.1 Å². The third kappa shape index (κ3) is 8.08. The Kier molecular flexibility index (Phi) is 11.4. The van der Waals surface area contributed by atoms with Crippen molar-refractivity contribution in [3.05, 3.63) is 59.2 Å². The third-order valence-electron chi connectivity index (χ3n) is 5.64. The highest BCUT2D eigenvalue weighted by Gasteiger charge is 2.28. The average Bonchev–Trinajstić information content (AvgIpc) is 2.84. The van der Waals surface area contributed by atoms with E-state index >= 15 is 0 Å². The van der Waals surface area contributed by atoms with Gasteiger partial charge in [0.15, 0.2) is 11.5 Å². The number of aryl methyl sites for hydroxylation is 2. The van der Waals surface area contributed by atoms with E-state index in [1.54, 1.807) is 4.90 Å². The van der Waals surface area contributed by atoms with Gasteiger partial charge >= 0.3 is 0 Å². The monoisotopic (exact) mass is 468 g/mol. The van der Waals surface area contributed by atoms with E-state index in [4.69, 9.17) is 9.47 Å². The van der Waals surface area contributed by atoms with Crippen LogP contribution in [0.2, 0.25) is 0 Å². The quantitative estimate of drug-likeness (QED) is 0.421. The number of amides is 2. The Morgan fingerprint density at radius 2 is 1.56 bits per heavy atom. The first kappa shape index (κ1) is 27.2. The molecule has 0 aliphatic heterocycles. The normalized spacial score (nSPS) is 11.6. The second-order valence-corrected chi connectivity index (χ2v) is 8.37. The lowest BCUT2D eigenvalue weighted by atomic mass is 10.0. The van der Waals surface area contributed by atoms with E-state index in [-0.39, 0.29) is 11.8 Å². The summed E-state index contributed by atoms with van der Waals surface area (Å²) < 4.78 is 11.4. The van der Waals surface area contributed by atoms with Gasteiger partial charge < -0.3 is 19.7 Å². The molecule has 1 atom stereocenters. The molecule has 6 heteroatoms. The van der Waals surface area contributed by atoms with Crippen LogP contribution in [0.3, 0.4) is 0 Å². The SMILES string of the molecule is CCCNC(=O)[C@H](CC)N(Cc1ccc(C)cc1)C(=O)CCc1ccc(OCC)c(OCC)c1. The highest BCUT2D eigenvalue weighted by Crippen LogP contribution is 2.29. The highest BCUT2D eigenvalue weighted by molar-refractivity contribution is 5.87. The number of carbonyl (C=O) groups is 2. The molecule has 0 fully saturated rings. The predicted octanol–water partition coefficient (Wildman–Crippen LogP) is 5.06. The Labute approximate surface area is 204 Å². The van der Waals surface area contributed by atoms with Crippen LogP contribution in [0.25, 0.3) is 0 Å². The Balaban J connectivity index is 2.20. The lowest BCUT2D eigenvalue weighted by Crippen LogP contribution is -2.49. The molecule has 0 aromatic heterocycles. The second-order valence-electron chi connectivity index (χ2n) is 8.37. The van der Waals surface area contributed by atoms with Gasteiger partial charge in [-0.3, -0.25) is 9.59 Å². The van der Waals surface area contributed by atoms with Gasteiger partial charge in [0.25, 0.3) is 0 Å². The Hall–Kier alpha value is -3.02. The van der Waals surface area contributed by atoms with Crippen molar-refractivity contribution in [1.29, 1.82) is 0 Å². The number of carbonyl (C=O) groups excluding carboxylic acids is 2. The predicted molar refractivity (Wildman–Crippen MR) is 136 cm³/mol. The summed E-state index contributed by atoms with van der Waals surface area (Å²) in [4.78, 5) is 28.0. The molecule has 1 N–H and O–H groups in total. The zero-order valence-corrected chi connectivity index (χ0v) is 21.4. The van der Waals surface area contributed by atoms with Crippen LogP contribution in [0, 0.1) is 6.92 Å². The van der Waals surface area contributed by atoms with Crippen molar-refractivity contribution >= 4 is 11.8 Å². The van der Waals surface area contributed by atoms with Crippen LogP contribution in [0.5, 0.6) is 11.5 Å². The molecule has 34 heavy (non-hydrogen) atoms. The second kappa shape index (κ2) is 14.3. The van der Waals surface area contributed by atoms with Crippen molar-refractivity contribution < 1.29 is 19.1 Å². The van der Waals surface area contributed by atoms with Crippen LogP contribution in [-0.2, 0) is 22.6 Å². The molecule has 0 unspecified atom stereocenters. The van der Waals surface area contributed by atoms with Gasteiger partial charge in [-0.25, -0.2) is 0 Å². The average molecular weight is 469 g/mol. The van der Waals surface area contributed by atoms with Gasteiger partial charge in [0.05, 0.1) is 13.2 Å². The fourth-order valence-corrected chi connectivity index (χ4v) is 3.82. The van der Waals surface area contributed by atoms with E-state index in [0.717, 1.165) is 23.1 Å². The van der Waals surface area contributed by atoms with Crippen LogP contribution in [-0.4, -0.2) is 42.5 Å². The van der Waals surface area contributed by atoms with Crippen molar-refractivity contribution in [2.75, 3.05) is 19.8 Å². The zero-order valence-electron chi connectivity index (χ0n) is 21.4. The Morgan fingerprint density at radius 3 is 2.18 bits per heavy atom. The molecule has 2 aromatic carbocycles. The molecule has 0 heterocycles. The van der Waals surface area contributed by atoms with Crippen molar-refractivity contribution in [3.63, 3.8) is 0 Å². The first-order chi connectivity index (χ1) is 16.4. The summed E-state index contributed by atoms with van der Waals surface area (Å²) in [6.45, 7) is 12.0. The number of rotatable bonds is 14. The first-order valence-electron chi connectivity index (χ1n) is 12.4. The standard InChI is InChI=1S/C28H40N2O4/c1-6-18-29-28(32)24(7-2)30(20-23-12-10-21(5)11-13-23)27(31)17-15-22-14-16-25(33-8-3)26(19-22)34-9-4/h10-14,16,19,24H,6-9,15,17-18,20H2,1-5H3,(H,29,32)/t24-/m0/s1. The van der Waals surface area contributed by atoms with Gasteiger partial charge in [-0.1, -0.05) is 49.7 Å². The lowest BCUT2D eigenvalue weighted by molar-refractivity contribution is -0.141. The summed E-state index contributed by atoms with van der Waals surface area (Å²) in [6.07, 6.45) is 2.28. The number of hydrogen-bond donors (Lipinski definition) is 1. The molecule has 186 valence electrons. The molecule has 0 bridgehead atoms. The minimum absolute atomic E-state index is 0.0362. The van der Waals surface area contributed by atoms with Gasteiger partial charge in [0.1, 0.15) is 6.04 Å². The van der Waals surface area contributed by atoms with E-state index in [2.05, 4.69) is 5.32 Å². The maximum Gasteiger partial charge on any atom is 0.242 e. The zero-order chi connectivity index (χ0) is 24.9. The summed E-state index contributed by atoms with van der Waals surface area (Å²) in [5, 5.41) is 2.96. The maximum atomic E-state index is 13.4. The maximum absolute atomic E-state index is 13.4. The fourth-order valence-electron chi connectivity index (χ4n) is 3.82.